The first kappa shape index (κ1) is 13.7. The summed E-state index contributed by atoms with van der Waals surface area (Å²) >= 11 is 0. The van der Waals surface area contributed by atoms with E-state index in [2.05, 4.69) is 11.4 Å². The molecule has 0 saturated heterocycles. The summed E-state index contributed by atoms with van der Waals surface area (Å²) in [4.78, 5) is 0. The van der Waals surface area contributed by atoms with E-state index in [-0.39, 0.29) is 11.8 Å². The highest BCUT2D eigenvalue weighted by molar-refractivity contribution is 7.90. The van der Waals surface area contributed by atoms with Crippen LogP contribution in [0.1, 0.15) is 24.1 Å². The van der Waals surface area contributed by atoms with Gasteiger partial charge in [-0.3, -0.25) is 0 Å². The minimum atomic E-state index is -2.92. The van der Waals surface area contributed by atoms with Crippen LogP contribution in [-0.2, 0) is 9.84 Å². The molecule has 17 heavy (non-hydrogen) atoms. The zero-order chi connectivity index (χ0) is 12.9. The number of nitriles is 1. The van der Waals surface area contributed by atoms with E-state index in [9.17, 15) is 8.42 Å². The molecule has 1 unspecified atom stereocenters. The summed E-state index contributed by atoms with van der Waals surface area (Å²) in [6.07, 6.45) is 1.22. The Morgan fingerprint density at radius 3 is 2.41 bits per heavy atom. The molecule has 1 aromatic carbocycles. The Morgan fingerprint density at radius 2 is 1.94 bits per heavy atom. The minimum absolute atomic E-state index is 0.0736. The Hall–Kier alpha value is -1.38. The van der Waals surface area contributed by atoms with E-state index in [1.165, 1.54) is 6.26 Å². The van der Waals surface area contributed by atoms with Crippen LogP contribution in [0.25, 0.3) is 0 Å². The van der Waals surface area contributed by atoms with Gasteiger partial charge in [0.1, 0.15) is 9.84 Å². The Morgan fingerprint density at radius 1 is 1.35 bits per heavy atom. The molecule has 1 aromatic rings. The predicted molar refractivity (Wildman–Crippen MR) is 67.3 cm³/mol. The first-order valence-corrected chi connectivity index (χ1v) is 7.39. The van der Waals surface area contributed by atoms with E-state index in [4.69, 9.17) is 5.26 Å². The van der Waals surface area contributed by atoms with Crippen molar-refractivity contribution in [2.75, 3.05) is 18.6 Å². The molecule has 1 rings (SSSR count). The number of hydrogen-bond donors (Lipinski definition) is 1. The molecule has 0 bridgehead atoms. The number of sulfone groups is 1. The third kappa shape index (κ3) is 4.98. The monoisotopic (exact) mass is 252 g/mol. The van der Waals surface area contributed by atoms with E-state index in [0.717, 1.165) is 5.56 Å². The summed E-state index contributed by atoms with van der Waals surface area (Å²) in [5.41, 5.74) is 1.66. The zero-order valence-electron chi connectivity index (χ0n) is 9.97. The van der Waals surface area contributed by atoms with Crippen molar-refractivity contribution < 1.29 is 8.42 Å². The van der Waals surface area contributed by atoms with E-state index in [1.54, 1.807) is 12.1 Å². The molecule has 0 heterocycles. The van der Waals surface area contributed by atoms with Crippen LogP contribution in [0.15, 0.2) is 24.3 Å². The van der Waals surface area contributed by atoms with Crippen LogP contribution in [0.2, 0.25) is 0 Å². The molecule has 0 aliphatic carbocycles. The van der Waals surface area contributed by atoms with Crippen molar-refractivity contribution in [2.24, 2.45) is 0 Å². The first-order chi connectivity index (χ1) is 7.92. The van der Waals surface area contributed by atoms with Gasteiger partial charge in [-0.1, -0.05) is 12.1 Å². The molecule has 0 aromatic heterocycles. The van der Waals surface area contributed by atoms with Crippen molar-refractivity contribution in [3.05, 3.63) is 35.4 Å². The largest absolute Gasteiger partial charge is 0.309 e. The number of hydrogen-bond acceptors (Lipinski definition) is 4. The smallest absolute Gasteiger partial charge is 0.148 e. The summed E-state index contributed by atoms with van der Waals surface area (Å²) in [7, 11) is -2.92. The van der Waals surface area contributed by atoms with Gasteiger partial charge in [0.15, 0.2) is 0 Å². The predicted octanol–water partition coefficient (Wildman–Crippen LogP) is 1.25. The Balaban J connectivity index is 2.52. The molecule has 0 radical (unpaired) electrons. The SMILES string of the molecule is CC(NCCS(C)(=O)=O)c1ccc(C#N)cc1. The molecule has 0 saturated carbocycles. The molecule has 0 fully saturated rings. The fraction of sp³-hybridized carbons (Fsp3) is 0.417. The molecule has 1 N–H and O–H groups in total. The van der Waals surface area contributed by atoms with Crippen molar-refractivity contribution in [3.63, 3.8) is 0 Å². The lowest BCUT2D eigenvalue weighted by Crippen LogP contribution is -2.25. The van der Waals surface area contributed by atoms with Crippen molar-refractivity contribution in [3.8, 4) is 6.07 Å². The van der Waals surface area contributed by atoms with Gasteiger partial charge in [0.25, 0.3) is 0 Å². The number of rotatable bonds is 5. The lowest BCUT2D eigenvalue weighted by molar-refractivity contribution is 0.576. The average molecular weight is 252 g/mol. The Kier molecular flexibility index (Phi) is 4.67. The fourth-order valence-corrected chi connectivity index (χ4v) is 1.91. The maximum Gasteiger partial charge on any atom is 0.148 e. The van der Waals surface area contributed by atoms with Gasteiger partial charge in [-0.2, -0.15) is 5.26 Å². The number of nitrogens with one attached hydrogen (secondary N) is 1. The second kappa shape index (κ2) is 5.80. The minimum Gasteiger partial charge on any atom is -0.309 e. The first-order valence-electron chi connectivity index (χ1n) is 5.33. The zero-order valence-corrected chi connectivity index (χ0v) is 10.8. The van der Waals surface area contributed by atoms with Crippen molar-refractivity contribution in [1.29, 1.82) is 5.26 Å². The van der Waals surface area contributed by atoms with Crippen LogP contribution in [0.5, 0.6) is 0 Å². The molecule has 0 aliphatic rings. The molecule has 4 nitrogen and oxygen atoms in total. The summed E-state index contributed by atoms with van der Waals surface area (Å²) in [6, 6.07) is 9.38. The average Bonchev–Trinajstić information content (AvgIpc) is 2.27. The fourth-order valence-electron chi connectivity index (χ4n) is 1.43. The van der Waals surface area contributed by atoms with Crippen LogP contribution in [0.4, 0.5) is 0 Å². The van der Waals surface area contributed by atoms with Gasteiger partial charge in [0, 0.05) is 18.8 Å². The number of nitrogens with zero attached hydrogens (tertiary/aromatic N) is 1. The molecule has 0 amide bonds. The molecular weight excluding hydrogens is 236 g/mol. The highest BCUT2D eigenvalue weighted by Crippen LogP contribution is 2.12. The van der Waals surface area contributed by atoms with Crippen LogP contribution in [0.3, 0.4) is 0 Å². The number of benzene rings is 1. The molecule has 1 atom stereocenters. The van der Waals surface area contributed by atoms with Crippen LogP contribution < -0.4 is 5.32 Å². The van der Waals surface area contributed by atoms with Crippen molar-refractivity contribution in [2.45, 2.75) is 13.0 Å². The molecular formula is C12H16N2O2S. The van der Waals surface area contributed by atoms with Gasteiger partial charge < -0.3 is 5.32 Å². The van der Waals surface area contributed by atoms with Gasteiger partial charge in [-0.25, -0.2) is 8.42 Å². The van der Waals surface area contributed by atoms with Gasteiger partial charge in [-0.05, 0) is 24.6 Å². The van der Waals surface area contributed by atoms with E-state index < -0.39 is 9.84 Å². The van der Waals surface area contributed by atoms with E-state index in [0.29, 0.717) is 12.1 Å². The van der Waals surface area contributed by atoms with Gasteiger partial charge in [0.05, 0.1) is 17.4 Å². The van der Waals surface area contributed by atoms with Gasteiger partial charge in [-0.15, -0.1) is 0 Å². The van der Waals surface area contributed by atoms with Gasteiger partial charge in [0.2, 0.25) is 0 Å². The standard InChI is InChI=1S/C12H16N2O2S/c1-10(14-7-8-17(2,15)16)12-5-3-11(9-13)4-6-12/h3-6,10,14H,7-8H2,1-2H3. The van der Waals surface area contributed by atoms with E-state index >= 15 is 0 Å². The highest BCUT2D eigenvalue weighted by Gasteiger charge is 2.06. The van der Waals surface area contributed by atoms with Crippen LogP contribution in [-0.4, -0.2) is 27.0 Å². The lowest BCUT2D eigenvalue weighted by Gasteiger charge is -2.13. The Bertz CT molecular complexity index is 500. The normalized spacial score (nSPS) is 13.0. The maximum absolute atomic E-state index is 11.0. The third-order valence-electron chi connectivity index (χ3n) is 2.46. The molecule has 5 heteroatoms. The second-order valence-electron chi connectivity index (χ2n) is 4.04. The lowest BCUT2D eigenvalue weighted by atomic mass is 10.1. The summed E-state index contributed by atoms with van der Waals surface area (Å²) in [5.74, 6) is 0.133. The summed E-state index contributed by atoms with van der Waals surface area (Å²) < 4.78 is 21.9. The summed E-state index contributed by atoms with van der Waals surface area (Å²) in [6.45, 7) is 2.39. The molecule has 92 valence electrons. The topological polar surface area (TPSA) is 70.0 Å². The molecule has 0 aliphatic heterocycles. The quantitative estimate of drug-likeness (QED) is 0.856. The summed E-state index contributed by atoms with van der Waals surface area (Å²) in [5, 5.41) is 11.8. The van der Waals surface area contributed by atoms with Crippen molar-refractivity contribution >= 4 is 9.84 Å². The Labute approximate surface area is 102 Å². The maximum atomic E-state index is 11.0. The van der Waals surface area contributed by atoms with Crippen LogP contribution in [0, 0.1) is 11.3 Å². The van der Waals surface area contributed by atoms with Crippen LogP contribution >= 0.6 is 0 Å². The molecule has 0 spiro atoms. The van der Waals surface area contributed by atoms with Gasteiger partial charge >= 0.3 is 0 Å². The highest BCUT2D eigenvalue weighted by atomic mass is 32.2. The third-order valence-corrected chi connectivity index (χ3v) is 3.41. The van der Waals surface area contributed by atoms with E-state index in [1.807, 2.05) is 19.1 Å². The second-order valence-corrected chi connectivity index (χ2v) is 6.30. The van der Waals surface area contributed by atoms with Crippen molar-refractivity contribution in [1.82, 2.24) is 5.32 Å².